The van der Waals surface area contributed by atoms with Gasteiger partial charge in [-0.1, -0.05) is 6.92 Å². The van der Waals surface area contributed by atoms with Crippen LogP contribution in [0.25, 0.3) is 0 Å². The van der Waals surface area contributed by atoms with Crippen LogP contribution in [0.4, 0.5) is 17.8 Å². The predicted molar refractivity (Wildman–Crippen MR) is 69.1 cm³/mol. The minimum absolute atomic E-state index is 0.285. The fourth-order valence-corrected chi connectivity index (χ4v) is 1.83. The molecule has 0 aliphatic carbocycles. The van der Waals surface area contributed by atoms with Gasteiger partial charge in [0, 0.05) is 19.1 Å². The van der Waals surface area contributed by atoms with Crippen LogP contribution >= 0.6 is 0 Å². The molecule has 0 saturated carbocycles. The van der Waals surface area contributed by atoms with Crippen molar-refractivity contribution in [3.8, 4) is 0 Å². The van der Waals surface area contributed by atoms with E-state index in [0.29, 0.717) is 17.9 Å². The average molecular weight is 236 g/mol. The Kier molecular flexibility index (Phi) is 3.61. The molecule has 3 N–H and O–H groups in total. The van der Waals surface area contributed by atoms with Gasteiger partial charge in [0.25, 0.3) is 0 Å². The minimum Gasteiger partial charge on any atom is -0.368 e. The van der Waals surface area contributed by atoms with Crippen molar-refractivity contribution >= 4 is 17.8 Å². The predicted octanol–water partition coefficient (Wildman–Crippen LogP) is 1.26. The summed E-state index contributed by atoms with van der Waals surface area (Å²) >= 11 is 0. The smallest absolute Gasteiger partial charge is 0.231 e. The van der Waals surface area contributed by atoms with Gasteiger partial charge >= 0.3 is 0 Å². The molecule has 0 amide bonds. The first-order valence-electron chi connectivity index (χ1n) is 6.22. The third-order valence-corrected chi connectivity index (χ3v) is 3.02. The molecule has 0 spiro atoms. The molecule has 6 nitrogen and oxygen atoms in total. The molecule has 6 heteroatoms. The van der Waals surface area contributed by atoms with E-state index in [9.17, 15) is 0 Å². The van der Waals surface area contributed by atoms with Crippen LogP contribution in [-0.2, 0) is 0 Å². The SMILES string of the molecule is CCC(C)Nc1nc(N)nc(N2CCCC2)n1. The molecule has 94 valence electrons. The maximum atomic E-state index is 5.72. The maximum absolute atomic E-state index is 5.72. The van der Waals surface area contributed by atoms with Crippen molar-refractivity contribution in [3.05, 3.63) is 0 Å². The fourth-order valence-electron chi connectivity index (χ4n) is 1.83. The number of anilines is 3. The lowest BCUT2D eigenvalue weighted by atomic mass is 10.3. The molecule has 0 aromatic carbocycles. The highest BCUT2D eigenvalue weighted by atomic mass is 15.3. The number of hydrogen-bond acceptors (Lipinski definition) is 6. The van der Waals surface area contributed by atoms with Gasteiger partial charge in [-0.15, -0.1) is 0 Å². The lowest BCUT2D eigenvalue weighted by molar-refractivity contribution is 0.749. The van der Waals surface area contributed by atoms with Gasteiger partial charge < -0.3 is 16.0 Å². The monoisotopic (exact) mass is 236 g/mol. The average Bonchev–Trinajstić information content (AvgIpc) is 2.81. The Morgan fingerprint density at radius 1 is 1.29 bits per heavy atom. The van der Waals surface area contributed by atoms with Gasteiger partial charge in [0.1, 0.15) is 0 Å². The molecular weight excluding hydrogens is 216 g/mol. The van der Waals surface area contributed by atoms with Crippen molar-refractivity contribution in [2.45, 2.75) is 39.2 Å². The van der Waals surface area contributed by atoms with Crippen LogP contribution in [-0.4, -0.2) is 34.1 Å². The fraction of sp³-hybridized carbons (Fsp3) is 0.727. The lowest BCUT2D eigenvalue weighted by Crippen LogP contribution is -2.23. The van der Waals surface area contributed by atoms with Crippen LogP contribution in [0.15, 0.2) is 0 Å². The van der Waals surface area contributed by atoms with E-state index in [2.05, 4.69) is 39.0 Å². The van der Waals surface area contributed by atoms with Crippen molar-refractivity contribution in [3.63, 3.8) is 0 Å². The summed E-state index contributed by atoms with van der Waals surface area (Å²) < 4.78 is 0. The van der Waals surface area contributed by atoms with E-state index in [1.165, 1.54) is 12.8 Å². The van der Waals surface area contributed by atoms with Gasteiger partial charge in [-0.25, -0.2) is 0 Å². The van der Waals surface area contributed by atoms with Crippen molar-refractivity contribution in [1.29, 1.82) is 0 Å². The second-order valence-electron chi connectivity index (χ2n) is 4.47. The molecule has 0 bridgehead atoms. The Balaban J connectivity index is 2.16. The summed E-state index contributed by atoms with van der Waals surface area (Å²) in [4.78, 5) is 14.9. The summed E-state index contributed by atoms with van der Waals surface area (Å²) in [5.74, 6) is 1.56. The van der Waals surface area contributed by atoms with Gasteiger partial charge in [-0.3, -0.25) is 0 Å². The van der Waals surface area contributed by atoms with Crippen molar-refractivity contribution in [2.75, 3.05) is 29.0 Å². The molecule has 1 unspecified atom stereocenters. The zero-order valence-corrected chi connectivity index (χ0v) is 10.5. The van der Waals surface area contributed by atoms with Gasteiger partial charge in [0.2, 0.25) is 17.8 Å². The first kappa shape index (κ1) is 11.9. The lowest BCUT2D eigenvalue weighted by Gasteiger charge is -2.17. The second kappa shape index (κ2) is 5.16. The Labute approximate surface area is 102 Å². The summed E-state index contributed by atoms with van der Waals surface area (Å²) in [5, 5.41) is 3.23. The molecule has 17 heavy (non-hydrogen) atoms. The third-order valence-electron chi connectivity index (χ3n) is 3.02. The van der Waals surface area contributed by atoms with Crippen LogP contribution in [0.1, 0.15) is 33.1 Å². The number of rotatable bonds is 4. The number of aromatic nitrogens is 3. The van der Waals surface area contributed by atoms with E-state index < -0.39 is 0 Å². The van der Waals surface area contributed by atoms with Gasteiger partial charge in [-0.05, 0) is 26.2 Å². The topological polar surface area (TPSA) is 80.0 Å². The van der Waals surface area contributed by atoms with Crippen molar-refractivity contribution in [2.24, 2.45) is 0 Å². The molecular formula is C11H20N6. The largest absolute Gasteiger partial charge is 0.368 e. The third kappa shape index (κ3) is 2.95. The molecule has 1 aliphatic rings. The molecule has 1 atom stereocenters. The highest BCUT2D eigenvalue weighted by Gasteiger charge is 2.17. The van der Waals surface area contributed by atoms with Gasteiger partial charge in [0.05, 0.1) is 0 Å². The van der Waals surface area contributed by atoms with E-state index >= 15 is 0 Å². The minimum atomic E-state index is 0.285. The highest BCUT2D eigenvalue weighted by molar-refractivity contribution is 5.42. The normalized spacial score (nSPS) is 17.2. The summed E-state index contributed by atoms with van der Waals surface area (Å²) in [7, 11) is 0. The molecule has 2 rings (SSSR count). The Hall–Kier alpha value is -1.59. The summed E-state index contributed by atoms with van der Waals surface area (Å²) in [6, 6.07) is 0.336. The van der Waals surface area contributed by atoms with Crippen LogP contribution in [0.3, 0.4) is 0 Å². The van der Waals surface area contributed by atoms with Crippen molar-refractivity contribution in [1.82, 2.24) is 15.0 Å². The zero-order valence-electron chi connectivity index (χ0n) is 10.5. The van der Waals surface area contributed by atoms with Gasteiger partial charge in [0.15, 0.2) is 0 Å². The Morgan fingerprint density at radius 2 is 2.00 bits per heavy atom. The molecule has 1 fully saturated rings. The van der Waals surface area contributed by atoms with Crippen LogP contribution in [0, 0.1) is 0 Å². The van der Waals surface area contributed by atoms with E-state index in [4.69, 9.17) is 5.73 Å². The number of nitrogens with one attached hydrogen (secondary N) is 1. The van der Waals surface area contributed by atoms with Crippen LogP contribution < -0.4 is 16.0 Å². The van der Waals surface area contributed by atoms with Gasteiger partial charge in [-0.2, -0.15) is 15.0 Å². The van der Waals surface area contributed by atoms with Crippen molar-refractivity contribution < 1.29 is 0 Å². The molecule has 1 aromatic rings. The van der Waals surface area contributed by atoms with E-state index in [0.717, 1.165) is 19.5 Å². The van der Waals surface area contributed by atoms with E-state index in [1.807, 2.05) is 0 Å². The first-order valence-corrected chi connectivity index (χ1v) is 6.22. The van der Waals surface area contributed by atoms with Crippen LogP contribution in [0.5, 0.6) is 0 Å². The Morgan fingerprint density at radius 3 is 2.65 bits per heavy atom. The summed E-state index contributed by atoms with van der Waals surface area (Å²) in [5.41, 5.74) is 5.72. The number of nitrogens with zero attached hydrogens (tertiary/aromatic N) is 4. The molecule has 2 heterocycles. The number of nitrogen functional groups attached to an aromatic ring is 1. The zero-order chi connectivity index (χ0) is 12.3. The van der Waals surface area contributed by atoms with E-state index in [1.54, 1.807) is 0 Å². The second-order valence-corrected chi connectivity index (χ2v) is 4.47. The summed E-state index contributed by atoms with van der Waals surface area (Å²) in [6.45, 7) is 6.22. The summed E-state index contributed by atoms with van der Waals surface area (Å²) in [6.07, 6.45) is 3.41. The molecule has 1 saturated heterocycles. The number of hydrogen-bond donors (Lipinski definition) is 2. The van der Waals surface area contributed by atoms with Crippen LogP contribution in [0.2, 0.25) is 0 Å². The quantitative estimate of drug-likeness (QED) is 0.819. The molecule has 1 aliphatic heterocycles. The molecule has 1 aromatic heterocycles. The molecule has 0 radical (unpaired) electrons. The highest BCUT2D eigenvalue weighted by Crippen LogP contribution is 2.17. The van der Waals surface area contributed by atoms with E-state index in [-0.39, 0.29) is 5.95 Å². The first-order chi connectivity index (χ1) is 8.19. The standard InChI is InChI=1S/C11H20N6/c1-3-8(2)13-10-14-9(12)15-11(16-10)17-6-4-5-7-17/h8H,3-7H2,1-2H3,(H3,12,13,14,15,16). The number of nitrogens with two attached hydrogens (primary N) is 1. The maximum Gasteiger partial charge on any atom is 0.231 e. The Bertz CT molecular complexity index is 374.